The molecule has 5 nitrogen and oxygen atoms in total. The highest BCUT2D eigenvalue weighted by Crippen LogP contribution is 2.43. The summed E-state index contributed by atoms with van der Waals surface area (Å²) >= 11 is 8.48. The van der Waals surface area contributed by atoms with Gasteiger partial charge in [-0.2, -0.15) is 9.78 Å². The maximum atomic E-state index is 13.2. The second-order valence-electron chi connectivity index (χ2n) is 6.69. The molecular weight excluding hydrogens is 455 g/mol. The first-order chi connectivity index (χ1) is 12.0. The third kappa shape index (κ3) is 2.99. The van der Waals surface area contributed by atoms with Gasteiger partial charge in [0.25, 0.3) is 5.91 Å². The Labute approximate surface area is 163 Å². The highest BCUT2D eigenvalue weighted by Gasteiger charge is 2.34. The van der Waals surface area contributed by atoms with Gasteiger partial charge in [-0.15, -0.1) is 0 Å². The Kier molecular flexibility index (Phi) is 4.35. The van der Waals surface area contributed by atoms with E-state index in [2.05, 4.69) is 27.7 Å². The van der Waals surface area contributed by atoms with Crippen LogP contribution >= 0.6 is 34.2 Å². The monoisotopic (exact) mass is 470 g/mol. The fourth-order valence-electron chi connectivity index (χ4n) is 3.55. The first-order valence-electron chi connectivity index (χ1n) is 8.29. The second kappa shape index (κ2) is 6.39. The van der Waals surface area contributed by atoms with E-state index in [1.807, 2.05) is 12.1 Å². The van der Waals surface area contributed by atoms with E-state index in [4.69, 9.17) is 11.6 Å². The number of carbonyl (C=O) groups is 2. The largest absolute Gasteiger partial charge is 0.481 e. The molecule has 1 saturated carbocycles. The van der Waals surface area contributed by atoms with Crippen molar-refractivity contribution in [3.8, 4) is 0 Å². The fourth-order valence-corrected chi connectivity index (χ4v) is 4.61. The molecule has 7 heteroatoms. The van der Waals surface area contributed by atoms with Crippen molar-refractivity contribution in [1.82, 2.24) is 9.78 Å². The van der Waals surface area contributed by atoms with Crippen molar-refractivity contribution in [1.29, 1.82) is 0 Å². The molecule has 0 spiro atoms. The number of nitrogens with zero attached hydrogens (tertiary/aromatic N) is 2. The van der Waals surface area contributed by atoms with Gasteiger partial charge in [-0.05, 0) is 65.8 Å². The molecule has 2 aliphatic rings. The summed E-state index contributed by atoms with van der Waals surface area (Å²) in [5, 5.41) is 14.2. The first-order valence-corrected chi connectivity index (χ1v) is 9.75. The van der Waals surface area contributed by atoms with Crippen LogP contribution in [0.4, 0.5) is 0 Å². The molecule has 0 unspecified atom stereocenters. The van der Waals surface area contributed by atoms with Crippen molar-refractivity contribution in [3.63, 3.8) is 0 Å². The maximum Gasteiger partial charge on any atom is 0.306 e. The molecule has 2 aliphatic carbocycles. The Hall–Kier alpha value is -1.41. The molecule has 1 atom stereocenters. The number of aromatic nitrogens is 2. The quantitative estimate of drug-likeness (QED) is 0.691. The van der Waals surface area contributed by atoms with Crippen LogP contribution in [0.15, 0.2) is 18.2 Å². The van der Waals surface area contributed by atoms with Gasteiger partial charge >= 0.3 is 5.97 Å². The lowest BCUT2D eigenvalue weighted by Gasteiger charge is -2.20. The van der Waals surface area contributed by atoms with Crippen LogP contribution in [-0.4, -0.2) is 26.8 Å². The summed E-state index contributed by atoms with van der Waals surface area (Å²) in [7, 11) is 0. The highest BCUT2D eigenvalue weighted by atomic mass is 127. The lowest BCUT2D eigenvalue weighted by atomic mass is 9.88. The Morgan fingerprint density at radius 1 is 1.28 bits per heavy atom. The van der Waals surface area contributed by atoms with Gasteiger partial charge in [0.15, 0.2) is 0 Å². The van der Waals surface area contributed by atoms with E-state index >= 15 is 0 Å². The lowest BCUT2D eigenvalue weighted by Crippen LogP contribution is -2.26. The lowest BCUT2D eigenvalue weighted by molar-refractivity contribution is -0.142. The van der Waals surface area contributed by atoms with Crippen LogP contribution in [0.1, 0.15) is 52.4 Å². The van der Waals surface area contributed by atoms with Crippen LogP contribution in [0.2, 0.25) is 5.02 Å². The molecule has 1 aromatic carbocycles. The fraction of sp³-hybridized carbons (Fsp3) is 0.389. The molecule has 1 heterocycles. The third-order valence-corrected chi connectivity index (χ3v) is 6.22. The minimum Gasteiger partial charge on any atom is -0.481 e. The van der Waals surface area contributed by atoms with E-state index < -0.39 is 11.9 Å². The Morgan fingerprint density at radius 3 is 2.72 bits per heavy atom. The predicted molar refractivity (Wildman–Crippen MR) is 101 cm³/mol. The van der Waals surface area contributed by atoms with Crippen molar-refractivity contribution >= 4 is 46.1 Å². The number of carboxylic acid groups (broad SMARTS) is 1. The minimum atomic E-state index is -0.822. The number of hydrogen-bond donors (Lipinski definition) is 1. The number of hydrogen-bond acceptors (Lipinski definition) is 3. The summed E-state index contributed by atoms with van der Waals surface area (Å²) in [6.45, 7) is 0. The molecule has 4 rings (SSSR count). The van der Waals surface area contributed by atoms with E-state index in [0.29, 0.717) is 35.8 Å². The standard InChI is InChI=1S/C18H16ClIN2O3/c19-13-3-1-2-11(9-4-5-9)15(13)17(23)22-14-8-10(18(24)25)6-7-12(14)16(20)21-22/h1-3,9-10H,4-8H2,(H,24,25)/t10-/m1/s1. The van der Waals surface area contributed by atoms with Gasteiger partial charge in [0.2, 0.25) is 0 Å². The second-order valence-corrected chi connectivity index (χ2v) is 8.12. The van der Waals surface area contributed by atoms with Crippen molar-refractivity contribution in [3.05, 3.63) is 49.3 Å². The van der Waals surface area contributed by atoms with Crippen LogP contribution in [0.25, 0.3) is 0 Å². The van der Waals surface area contributed by atoms with E-state index in [9.17, 15) is 14.7 Å². The van der Waals surface area contributed by atoms with E-state index in [-0.39, 0.29) is 5.91 Å². The Bertz CT molecular complexity index is 889. The molecule has 0 saturated heterocycles. The number of rotatable bonds is 3. The molecule has 130 valence electrons. The summed E-state index contributed by atoms with van der Waals surface area (Å²) in [5.41, 5.74) is 3.19. The predicted octanol–water partition coefficient (Wildman–Crippen LogP) is 3.90. The molecular formula is C18H16ClIN2O3. The van der Waals surface area contributed by atoms with Gasteiger partial charge in [-0.3, -0.25) is 9.59 Å². The molecule has 25 heavy (non-hydrogen) atoms. The normalized spacial score (nSPS) is 19.5. The topological polar surface area (TPSA) is 72.2 Å². The zero-order chi connectivity index (χ0) is 17.7. The molecule has 1 fully saturated rings. The van der Waals surface area contributed by atoms with Gasteiger partial charge in [0.1, 0.15) is 3.70 Å². The van der Waals surface area contributed by atoms with E-state index in [1.54, 1.807) is 6.07 Å². The van der Waals surface area contributed by atoms with Crippen LogP contribution in [-0.2, 0) is 17.6 Å². The number of carbonyl (C=O) groups excluding carboxylic acids is 1. The van der Waals surface area contributed by atoms with Gasteiger partial charge in [-0.25, -0.2) is 0 Å². The molecule has 0 bridgehead atoms. The maximum absolute atomic E-state index is 13.2. The zero-order valence-corrected chi connectivity index (χ0v) is 16.2. The Morgan fingerprint density at radius 2 is 2.04 bits per heavy atom. The van der Waals surface area contributed by atoms with Crippen molar-refractivity contribution in [2.45, 2.75) is 38.0 Å². The third-order valence-electron chi connectivity index (χ3n) is 5.04. The van der Waals surface area contributed by atoms with Crippen LogP contribution in [0.5, 0.6) is 0 Å². The van der Waals surface area contributed by atoms with E-state index in [0.717, 1.165) is 33.4 Å². The molecule has 2 aromatic rings. The molecule has 0 radical (unpaired) electrons. The number of benzene rings is 1. The van der Waals surface area contributed by atoms with Gasteiger partial charge in [-0.1, -0.05) is 23.7 Å². The van der Waals surface area contributed by atoms with E-state index in [1.165, 1.54) is 4.68 Å². The summed E-state index contributed by atoms with van der Waals surface area (Å²) in [4.78, 5) is 24.6. The molecule has 1 aromatic heterocycles. The summed E-state index contributed by atoms with van der Waals surface area (Å²) in [5.74, 6) is -1.16. The van der Waals surface area contributed by atoms with Crippen LogP contribution in [0, 0.1) is 9.62 Å². The number of carboxylic acids is 1. The average molecular weight is 471 g/mol. The highest BCUT2D eigenvalue weighted by molar-refractivity contribution is 14.1. The molecule has 1 N–H and O–H groups in total. The van der Waals surface area contributed by atoms with Crippen molar-refractivity contribution in [2.24, 2.45) is 5.92 Å². The first kappa shape index (κ1) is 17.0. The van der Waals surface area contributed by atoms with Gasteiger partial charge < -0.3 is 5.11 Å². The molecule has 0 amide bonds. The smallest absolute Gasteiger partial charge is 0.306 e. The molecule has 0 aliphatic heterocycles. The van der Waals surface area contributed by atoms with Gasteiger partial charge in [0, 0.05) is 12.0 Å². The number of halogens is 2. The Balaban J connectivity index is 1.79. The number of aliphatic carboxylic acids is 1. The minimum absolute atomic E-state index is 0.252. The summed E-state index contributed by atoms with van der Waals surface area (Å²) in [6, 6.07) is 5.55. The van der Waals surface area contributed by atoms with Crippen molar-refractivity contribution < 1.29 is 14.7 Å². The average Bonchev–Trinajstić information content (AvgIpc) is 3.38. The summed E-state index contributed by atoms with van der Waals surface area (Å²) in [6.07, 6.45) is 3.68. The van der Waals surface area contributed by atoms with Crippen molar-refractivity contribution in [2.75, 3.05) is 0 Å². The summed E-state index contributed by atoms with van der Waals surface area (Å²) < 4.78 is 2.16. The van der Waals surface area contributed by atoms with Crippen LogP contribution in [0.3, 0.4) is 0 Å². The van der Waals surface area contributed by atoms with Crippen LogP contribution < -0.4 is 0 Å². The van der Waals surface area contributed by atoms with Gasteiger partial charge in [0.05, 0.1) is 22.2 Å². The zero-order valence-electron chi connectivity index (χ0n) is 13.3. The number of fused-ring (bicyclic) bond motifs is 1. The SMILES string of the molecule is O=C(O)[C@@H]1CCc2c(I)nn(C(=O)c3c(Cl)cccc3C3CC3)c2C1.